The molecule has 0 rings (SSSR count). The van der Waals surface area contributed by atoms with E-state index < -0.39 is 22.2 Å². The number of hydrogen-bond donors (Lipinski definition) is 0. The molecule has 0 aliphatic carbocycles. The molecule has 24 heavy (non-hydrogen) atoms. The Hall–Kier alpha value is 1.70. The Kier molecular flexibility index (Phi) is 29.1. The summed E-state index contributed by atoms with van der Waals surface area (Å²) in [5.41, 5.74) is 0. The Morgan fingerprint density at radius 1 is 0.833 bits per heavy atom. The molecule has 0 spiro atoms. The van der Waals surface area contributed by atoms with Crippen LogP contribution in [0.1, 0.15) is 40.5 Å². The van der Waals surface area contributed by atoms with Crippen molar-refractivity contribution in [2.45, 2.75) is 40.5 Å². The van der Waals surface area contributed by atoms with Crippen molar-refractivity contribution in [2.75, 3.05) is 11.5 Å². The topological polar surface area (TPSA) is 80.3 Å². The van der Waals surface area contributed by atoms with Crippen LogP contribution in [-0.2, 0) is 22.2 Å². The summed E-state index contributed by atoms with van der Waals surface area (Å²) in [6, 6.07) is 0. The zero-order valence-electron chi connectivity index (χ0n) is 16.2. The van der Waals surface area contributed by atoms with Crippen molar-refractivity contribution in [1.29, 1.82) is 0 Å². The molecular weight excluding hydrogens is 366 g/mol. The van der Waals surface area contributed by atoms with Gasteiger partial charge in [0.25, 0.3) is 0 Å². The van der Waals surface area contributed by atoms with Gasteiger partial charge in [-0.05, 0) is 36.5 Å². The summed E-state index contributed by atoms with van der Waals surface area (Å²) < 4.78 is 41.2. The predicted molar refractivity (Wildman–Crippen MR) is 93.9 cm³/mol. The molecule has 0 saturated heterocycles. The molecule has 0 aromatic heterocycles. The van der Waals surface area contributed by atoms with E-state index >= 15 is 0 Å². The number of allylic oxidation sites excluding steroid dienone is 2. The van der Waals surface area contributed by atoms with E-state index in [0.717, 1.165) is 12.8 Å². The molecule has 2 unspecified atom stereocenters. The van der Waals surface area contributed by atoms with Crippen LogP contribution in [0, 0.1) is 23.7 Å². The zero-order chi connectivity index (χ0) is 17.7. The first-order valence-electron chi connectivity index (χ1n) is 7.60. The monoisotopic (exact) mass is 396 g/mol. The third-order valence-electron chi connectivity index (χ3n) is 3.81. The molecule has 0 aromatic rings. The summed E-state index contributed by atoms with van der Waals surface area (Å²) in [5, 5.41) is 0. The third-order valence-corrected chi connectivity index (χ3v) is 5.40. The average molecular weight is 397 g/mol. The van der Waals surface area contributed by atoms with Crippen molar-refractivity contribution in [1.82, 2.24) is 0 Å². The minimum absolute atomic E-state index is 0. The van der Waals surface area contributed by atoms with Crippen molar-refractivity contribution in [3.8, 4) is 0 Å². The average Bonchev–Trinajstić information content (AvgIpc) is 2.40. The maximum absolute atomic E-state index is 10.3. The van der Waals surface area contributed by atoms with Crippen LogP contribution in [0.4, 0.5) is 0 Å². The second-order valence-corrected chi connectivity index (χ2v) is 7.39. The Morgan fingerprint density at radius 3 is 1.21 bits per heavy atom. The molecule has 0 N–H and O–H groups in total. The SMILES string of the molecule is C=C[C@@H](CC)[C@@H](C)CS(=O)[O-].C=C[C@H](CC)[C@H](C)CS(=O)[O-].[Na+].[Na+]. The van der Waals surface area contributed by atoms with Crippen LogP contribution in [0.25, 0.3) is 0 Å². The Labute approximate surface area is 197 Å². The normalized spacial score (nSPS) is 17.2. The van der Waals surface area contributed by atoms with Gasteiger partial charge in [-0.3, -0.25) is 8.42 Å². The third kappa shape index (κ3) is 18.5. The smallest absolute Gasteiger partial charge is 0.772 e. The molecule has 0 aliphatic heterocycles. The van der Waals surface area contributed by atoms with E-state index in [2.05, 4.69) is 13.2 Å². The molecule has 6 atom stereocenters. The van der Waals surface area contributed by atoms with Crippen molar-refractivity contribution in [3.05, 3.63) is 25.3 Å². The molecule has 0 amide bonds. The van der Waals surface area contributed by atoms with Gasteiger partial charge < -0.3 is 9.11 Å². The van der Waals surface area contributed by atoms with Crippen LogP contribution < -0.4 is 59.1 Å². The van der Waals surface area contributed by atoms with Crippen molar-refractivity contribution >= 4 is 22.2 Å². The maximum Gasteiger partial charge on any atom is 1.00 e. The van der Waals surface area contributed by atoms with E-state index in [1.807, 2.05) is 39.8 Å². The van der Waals surface area contributed by atoms with Crippen LogP contribution in [0.3, 0.4) is 0 Å². The van der Waals surface area contributed by atoms with Gasteiger partial charge in [0.2, 0.25) is 0 Å². The molecule has 8 heteroatoms. The molecule has 0 aliphatic rings. The van der Waals surface area contributed by atoms with E-state index in [1.165, 1.54) is 0 Å². The van der Waals surface area contributed by atoms with Crippen molar-refractivity contribution in [3.63, 3.8) is 0 Å². The largest absolute Gasteiger partial charge is 1.00 e. The fourth-order valence-corrected chi connectivity index (χ4v) is 3.63. The molecule has 0 fully saturated rings. The zero-order valence-corrected chi connectivity index (χ0v) is 21.8. The van der Waals surface area contributed by atoms with Gasteiger partial charge in [-0.15, -0.1) is 13.2 Å². The molecule has 132 valence electrons. The van der Waals surface area contributed by atoms with Crippen LogP contribution in [-0.4, -0.2) is 29.0 Å². The summed E-state index contributed by atoms with van der Waals surface area (Å²) in [7, 11) is 0. The maximum atomic E-state index is 10.3. The van der Waals surface area contributed by atoms with Crippen LogP contribution >= 0.6 is 0 Å². The minimum Gasteiger partial charge on any atom is -0.772 e. The second kappa shape index (κ2) is 21.0. The predicted octanol–water partition coefficient (Wildman–Crippen LogP) is -2.56. The summed E-state index contributed by atoms with van der Waals surface area (Å²) in [5.74, 6) is 1.52. The first kappa shape index (κ1) is 33.3. The van der Waals surface area contributed by atoms with E-state index in [0.29, 0.717) is 11.8 Å². The fourth-order valence-electron chi connectivity index (χ4n) is 2.28. The first-order chi connectivity index (χ1) is 10.2. The van der Waals surface area contributed by atoms with E-state index in [4.69, 9.17) is 0 Å². The number of rotatable bonds is 10. The van der Waals surface area contributed by atoms with Crippen LogP contribution in [0.15, 0.2) is 25.3 Å². The van der Waals surface area contributed by atoms with Gasteiger partial charge >= 0.3 is 59.1 Å². The molecule has 0 bridgehead atoms. The molecular formula is C16H30Na2O4S2. The Bertz CT molecular complexity index is 334. The van der Waals surface area contributed by atoms with Gasteiger partial charge in [-0.2, -0.15) is 0 Å². The van der Waals surface area contributed by atoms with Crippen molar-refractivity contribution < 1.29 is 76.6 Å². The van der Waals surface area contributed by atoms with E-state index in [1.54, 1.807) is 0 Å². The first-order valence-corrected chi connectivity index (χ1v) is 10.1. The summed E-state index contributed by atoms with van der Waals surface area (Å²) >= 11 is -3.83. The minimum atomic E-state index is -1.92. The molecule has 0 saturated carbocycles. The molecule has 0 heterocycles. The number of hydrogen-bond acceptors (Lipinski definition) is 4. The van der Waals surface area contributed by atoms with Gasteiger partial charge in [0.15, 0.2) is 0 Å². The summed E-state index contributed by atoms with van der Waals surface area (Å²) in [6.07, 6.45) is 5.58. The fraction of sp³-hybridized carbons (Fsp3) is 0.750. The quantitative estimate of drug-likeness (QED) is 0.231. The Morgan fingerprint density at radius 2 is 1.08 bits per heavy atom. The van der Waals surface area contributed by atoms with E-state index in [9.17, 15) is 17.5 Å². The molecule has 0 radical (unpaired) electrons. The van der Waals surface area contributed by atoms with Gasteiger partial charge in [0.1, 0.15) is 0 Å². The van der Waals surface area contributed by atoms with Gasteiger partial charge in [-0.1, -0.05) is 62.0 Å². The van der Waals surface area contributed by atoms with Crippen LogP contribution in [0.5, 0.6) is 0 Å². The van der Waals surface area contributed by atoms with Crippen LogP contribution in [0.2, 0.25) is 0 Å². The standard InChI is InChI=1S/2C8H16O2S.2Na/c2*1-4-8(5-2)7(3)6-11(9)10;;/h2*4,7-8H,1,5-6H2,2-3H3,(H,9,10);;/q;;2*+1/p-2/t2*7-,8-;;/m10../s1. The molecule has 0 aromatic carbocycles. The second-order valence-electron chi connectivity index (χ2n) is 5.51. The molecule has 4 nitrogen and oxygen atoms in total. The Balaban J connectivity index is -0.000000154. The van der Waals surface area contributed by atoms with Crippen molar-refractivity contribution in [2.24, 2.45) is 23.7 Å². The van der Waals surface area contributed by atoms with Gasteiger partial charge in [-0.25, -0.2) is 0 Å². The van der Waals surface area contributed by atoms with E-state index in [-0.39, 0.29) is 82.5 Å². The van der Waals surface area contributed by atoms with Gasteiger partial charge in [0.05, 0.1) is 0 Å². The summed E-state index contributed by atoms with van der Waals surface area (Å²) in [4.78, 5) is 0. The summed E-state index contributed by atoms with van der Waals surface area (Å²) in [6.45, 7) is 15.3. The van der Waals surface area contributed by atoms with Gasteiger partial charge in [0, 0.05) is 11.5 Å².